The van der Waals surface area contributed by atoms with Gasteiger partial charge in [-0.2, -0.15) is 0 Å². The van der Waals surface area contributed by atoms with Crippen molar-refractivity contribution in [3.63, 3.8) is 0 Å². The third kappa shape index (κ3) is 3.19. The highest BCUT2D eigenvalue weighted by Gasteiger charge is 2.28. The van der Waals surface area contributed by atoms with Gasteiger partial charge in [-0.15, -0.1) is 0 Å². The fraction of sp³-hybridized carbons (Fsp3) is 0.429. The molecule has 1 aliphatic heterocycles. The van der Waals surface area contributed by atoms with Crippen molar-refractivity contribution in [2.75, 3.05) is 19.3 Å². The Balaban J connectivity index is 1.77. The van der Waals surface area contributed by atoms with E-state index in [0.29, 0.717) is 6.54 Å². The lowest BCUT2D eigenvalue weighted by molar-refractivity contribution is 0.303. The number of halogens is 1. The number of hydrogen-bond donors (Lipinski definition) is 1. The predicted molar refractivity (Wildman–Crippen MR) is 87.5 cm³/mol. The molecule has 0 spiro atoms. The number of pyridine rings is 1. The van der Waals surface area contributed by atoms with Crippen LogP contribution in [0.1, 0.15) is 12.2 Å². The fourth-order valence-corrected chi connectivity index (χ4v) is 4.41. The third-order valence-corrected chi connectivity index (χ3v) is 6.14. The maximum absolute atomic E-state index is 12.7. The van der Waals surface area contributed by atoms with Crippen molar-refractivity contribution in [3.8, 4) is 0 Å². The van der Waals surface area contributed by atoms with Crippen molar-refractivity contribution in [3.05, 3.63) is 35.5 Å². The Morgan fingerprint density at radius 3 is 3.04 bits per heavy atom. The SMILES string of the molecule is CN(C[C@@H]1CCc2nccn2C1)S(=O)(=O)c1cc(Cl)cnc1N. The van der Waals surface area contributed by atoms with Crippen LogP contribution in [0.15, 0.2) is 29.6 Å². The van der Waals surface area contributed by atoms with Gasteiger partial charge in [0, 0.05) is 45.1 Å². The van der Waals surface area contributed by atoms with E-state index >= 15 is 0 Å². The molecule has 0 aromatic carbocycles. The molecule has 1 aliphatic rings. The molecule has 3 rings (SSSR count). The van der Waals surface area contributed by atoms with E-state index in [1.807, 2.05) is 6.20 Å². The van der Waals surface area contributed by atoms with Crippen LogP contribution in [0, 0.1) is 5.92 Å². The molecular formula is C14H18ClN5O2S. The number of anilines is 1. The molecule has 1 atom stereocenters. The van der Waals surface area contributed by atoms with Gasteiger partial charge in [0.25, 0.3) is 0 Å². The second-order valence-corrected chi connectivity index (χ2v) is 8.17. The Bertz CT molecular complexity index is 820. The van der Waals surface area contributed by atoms with Gasteiger partial charge in [0.15, 0.2) is 0 Å². The second kappa shape index (κ2) is 6.10. The first-order chi connectivity index (χ1) is 10.9. The summed E-state index contributed by atoms with van der Waals surface area (Å²) in [4.78, 5) is 8.05. The second-order valence-electron chi connectivity index (χ2n) is 5.72. The number of aromatic nitrogens is 3. The quantitative estimate of drug-likeness (QED) is 0.894. The van der Waals surface area contributed by atoms with Crippen molar-refractivity contribution in [2.45, 2.75) is 24.3 Å². The zero-order valence-corrected chi connectivity index (χ0v) is 14.3. The summed E-state index contributed by atoms with van der Waals surface area (Å²) in [6.45, 7) is 1.17. The Labute approximate surface area is 140 Å². The normalized spacial score (nSPS) is 18.1. The number of imidazole rings is 1. The Hall–Kier alpha value is -1.64. The van der Waals surface area contributed by atoms with Crippen molar-refractivity contribution < 1.29 is 8.42 Å². The van der Waals surface area contributed by atoms with Crippen molar-refractivity contribution >= 4 is 27.4 Å². The summed E-state index contributed by atoms with van der Waals surface area (Å²) < 4.78 is 28.8. The van der Waals surface area contributed by atoms with Gasteiger partial charge in [-0.1, -0.05) is 11.6 Å². The lowest BCUT2D eigenvalue weighted by Crippen LogP contribution is -2.35. The molecule has 2 aromatic heterocycles. The van der Waals surface area contributed by atoms with Crippen LogP contribution in [0.25, 0.3) is 0 Å². The predicted octanol–water partition coefficient (Wildman–Crippen LogP) is 1.40. The van der Waals surface area contributed by atoms with Gasteiger partial charge in [-0.05, 0) is 18.4 Å². The first kappa shape index (κ1) is 16.2. The largest absolute Gasteiger partial charge is 0.383 e. The molecule has 0 radical (unpaired) electrons. The molecule has 124 valence electrons. The van der Waals surface area contributed by atoms with Gasteiger partial charge in [0.1, 0.15) is 16.5 Å². The van der Waals surface area contributed by atoms with Gasteiger partial charge in [0.2, 0.25) is 10.0 Å². The standard InChI is InChI=1S/C14H18ClN5O2S/c1-19(8-10-2-3-13-17-4-5-20(13)9-10)23(21,22)12-6-11(15)7-18-14(12)16/h4-7,10H,2-3,8-9H2,1H3,(H2,16,18)/t10-/m0/s1. The molecular weight excluding hydrogens is 338 g/mol. The summed E-state index contributed by atoms with van der Waals surface area (Å²) in [5, 5.41) is 0.242. The van der Waals surface area contributed by atoms with Crippen molar-refractivity contribution in [2.24, 2.45) is 5.92 Å². The van der Waals surface area contributed by atoms with Gasteiger partial charge < -0.3 is 10.3 Å². The lowest BCUT2D eigenvalue weighted by Gasteiger charge is -2.28. The highest BCUT2D eigenvalue weighted by molar-refractivity contribution is 7.89. The molecule has 0 saturated carbocycles. The molecule has 0 saturated heterocycles. The van der Waals surface area contributed by atoms with Gasteiger partial charge >= 0.3 is 0 Å². The number of nitrogens with two attached hydrogens (primary N) is 1. The Kier molecular flexibility index (Phi) is 4.31. The highest BCUT2D eigenvalue weighted by atomic mass is 35.5. The molecule has 0 unspecified atom stereocenters. The number of nitrogen functional groups attached to an aromatic ring is 1. The van der Waals surface area contributed by atoms with E-state index in [2.05, 4.69) is 14.5 Å². The third-order valence-electron chi connectivity index (χ3n) is 4.08. The summed E-state index contributed by atoms with van der Waals surface area (Å²) in [5.41, 5.74) is 5.71. The first-order valence-corrected chi connectivity index (χ1v) is 9.07. The molecule has 2 aromatic rings. The lowest BCUT2D eigenvalue weighted by atomic mass is 10.00. The van der Waals surface area contributed by atoms with Crippen molar-refractivity contribution in [1.29, 1.82) is 0 Å². The van der Waals surface area contributed by atoms with Crippen LogP contribution >= 0.6 is 11.6 Å². The number of rotatable bonds is 4. The van der Waals surface area contributed by atoms with E-state index in [-0.39, 0.29) is 21.7 Å². The zero-order valence-electron chi connectivity index (χ0n) is 12.7. The minimum Gasteiger partial charge on any atom is -0.383 e. The molecule has 0 bridgehead atoms. The number of sulfonamides is 1. The maximum Gasteiger partial charge on any atom is 0.246 e. The average Bonchev–Trinajstić information content (AvgIpc) is 2.97. The monoisotopic (exact) mass is 355 g/mol. The molecule has 7 nitrogen and oxygen atoms in total. The van der Waals surface area contributed by atoms with Gasteiger partial charge in [-0.25, -0.2) is 22.7 Å². The molecule has 0 fully saturated rings. The van der Waals surface area contributed by atoms with E-state index in [0.717, 1.165) is 25.2 Å². The van der Waals surface area contributed by atoms with Crippen LogP contribution in [0.3, 0.4) is 0 Å². The number of aryl methyl sites for hydroxylation is 1. The zero-order chi connectivity index (χ0) is 16.6. The molecule has 3 heterocycles. The summed E-state index contributed by atoms with van der Waals surface area (Å²) >= 11 is 5.85. The Morgan fingerprint density at radius 1 is 1.48 bits per heavy atom. The molecule has 0 amide bonds. The van der Waals surface area contributed by atoms with E-state index < -0.39 is 10.0 Å². The van der Waals surface area contributed by atoms with Crippen LogP contribution in [-0.4, -0.2) is 40.9 Å². The van der Waals surface area contributed by atoms with Crippen LogP contribution in [0.5, 0.6) is 0 Å². The minimum atomic E-state index is -3.72. The van der Waals surface area contributed by atoms with Crippen LogP contribution < -0.4 is 5.73 Å². The van der Waals surface area contributed by atoms with E-state index in [1.165, 1.54) is 16.6 Å². The van der Waals surface area contributed by atoms with Crippen molar-refractivity contribution in [1.82, 2.24) is 18.8 Å². The molecule has 0 aliphatic carbocycles. The first-order valence-electron chi connectivity index (χ1n) is 7.25. The fourth-order valence-electron chi connectivity index (χ4n) is 2.85. The summed E-state index contributed by atoms with van der Waals surface area (Å²) in [7, 11) is -2.16. The number of nitrogens with zero attached hydrogens (tertiary/aromatic N) is 4. The molecule has 2 N–H and O–H groups in total. The molecule has 9 heteroatoms. The van der Waals surface area contributed by atoms with Gasteiger partial charge in [0.05, 0.1) is 5.02 Å². The average molecular weight is 356 g/mol. The van der Waals surface area contributed by atoms with Crippen LogP contribution in [0.2, 0.25) is 5.02 Å². The number of hydrogen-bond acceptors (Lipinski definition) is 5. The van der Waals surface area contributed by atoms with E-state index in [4.69, 9.17) is 17.3 Å². The smallest absolute Gasteiger partial charge is 0.246 e. The molecule has 23 heavy (non-hydrogen) atoms. The van der Waals surface area contributed by atoms with E-state index in [9.17, 15) is 8.42 Å². The summed E-state index contributed by atoms with van der Waals surface area (Å²) in [5.74, 6) is 1.24. The van der Waals surface area contributed by atoms with Gasteiger partial charge in [-0.3, -0.25) is 0 Å². The highest BCUT2D eigenvalue weighted by Crippen LogP contribution is 2.25. The number of fused-ring (bicyclic) bond motifs is 1. The van der Waals surface area contributed by atoms with E-state index in [1.54, 1.807) is 13.2 Å². The topological polar surface area (TPSA) is 94.1 Å². The van der Waals surface area contributed by atoms with Crippen LogP contribution in [-0.2, 0) is 23.0 Å². The maximum atomic E-state index is 12.7. The Morgan fingerprint density at radius 2 is 2.26 bits per heavy atom. The minimum absolute atomic E-state index is 0.0400. The summed E-state index contributed by atoms with van der Waals surface area (Å²) in [6.07, 6.45) is 6.79. The summed E-state index contributed by atoms with van der Waals surface area (Å²) in [6, 6.07) is 1.34. The van der Waals surface area contributed by atoms with Crippen LogP contribution in [0.4, 0.5) is 5.82 Å².